The average molecular weight is 203 g/mol. The van der Waals surface area contributed by atoms with E-state index >= 15 is 0 Å². The van der Waals surface area contributed by atoms with Crippen molar-refractivity contribution in [2.75, 3.05) is 0 Å². The number of hydrogen-bond acceptors (Lipinski definition) is 1. The zero-order valence-electron chi connectivity index (χ0n) is 8.27. The molecule has 3 heteroatoms. The van der Waals surface area contributed by atoms with Crippen molar-refractivity contribution in [2.24, 2.45) is 0 Å². The average Bonchev–Trinajstić information content (AvgIpc) is 2.69. The summed E-state index contributed by atoms with van der Waals surface area (Å²) < 4.78 is 15.0. The van der Waals surface area contributed by atoms with Gasteiger partial charge >= 0.3 is 0 Å². The molecule has 0 aliphatic carbocycles. The van der Waals surface area contributed by atoms with Crippen molar-refractivity contribution in [3.8, 4) is 5.69 Å². The molecule has 15 heavy (non-hydrogen) atoms. The molecule has 0 radical (unpaired) electrons. The lowest BCUT2D eigenvalue weighted by atomic mass is 10.2. The number of aryl methyl sites for hydroxylation is 1. The van der Waals surface area contributed by atoms with Gasteiger partial charge in [-0.15, -0.1) is 0 Å². The summed E-state index contributed by atoms with van der Waals surface area (Å²) in [4.78, 5) is 10.7. The van der Waals surface area contributed by atoms with Gasteiger partial charge < -0.3 is 4.57 Å². The SMILES string of the molecule is Cc1ccc(F)c(-n2cccc2C=O)c1. The van der Waals surface area contributed by atoms with Gasteiger partial charge in [-0.3, -0.25) is 4.79 Å². The lowest BCUT2D eigenvalue weighted by Crippen LogP contribution is -2.00. The lowest BCUT2D eigenvalue weighted by molar-refractivity contribution is 0.111. The van der Waals surface area contributed by atoms with E-state index in [4.69, 9.17) is 0 Å². The molecule has 0 spiro atoms. The molecule has 0 saturated heterocycles. The van der Waals surface area contributed by atoms with Crippen LogP contribution in [0.2, 0.25) is 0 Å². The molecular formula is C12H10FNO. The normalized spacial score (nSPS) is 10.3. The van der Waals surface area contributed by atoms with Gasteiger partial charge in [-0.05, 0) is 36.8 Å². The molecule has 0 N–H and O–H groups in total. The minimum Gasteiger partial charge on any atom is -0.311 e. The molecule has 2 nitrogen and oxygen atoms in total. The fourth-order valence-electron chi connectivity index (χ4n) is 1.52. The molecule has 0 amide bonds. The molecular weight excluding hydrogens is 193 g/mol. The second-order valence-corrected chi connectivity index (χ2v) is 3.38. The quantitative estimate of drug-likeness (QED) is 0.688. The highest BCUT2D eigenvalue weighted by Crippen LogP contribution is 2.17. The van der Waals surface area contributed by atoms with Crippen molar-refractivity contribution in [3.63, 3.8) is 0 Å². The van der Waals surface area contributed by atoms with E-state index < -0.39 is 0 Å². The van der Waals surface area contributed by atoms with Gasteiger partial charge in [-0.1, -0.05) is 6.07 Å². The Balaban J connectivity index is 2.62. The molecule has 0 atom stereocenters. The van der Waals surface area contributed by atoms with Gasteiger partial charge in [0, 0.05) is 6.20 Å². The van der Waals surface area contributed by atoms with Crippen LogP contribution in [-0.2, 0) is 0 Å². The molecule has 76 valence electrons. The maximum atomic E-state index is 13.5. The smallest absolute Gasteiger partial charge is 0.166 e. The van der Waals surface area contributed by atoms with Crippen molar-refractivity contribution in [2.45, 2.75) is 6.92 Å². The maximum Gasteiger partial charge on any atom is 0.166 e. The topological polar surface area (TPSA) is 22.0 Å². The Morgan fingerprint density at radius 3 is 2.87 bits per heavy atom. The largest absolute Gasteiger partial charge is 0.311 e. The molecule has 1 heterocycles. The highest BCUT2D eigenvalue weighted by atomic mass is 19.1. The van der Waals surface area contributed by atoms with Gasteiger partial charge in [0.05, 0.1) is 11.4 Å². The monoisotopic (exact) mass is 203 g/mol. The number of hydrogen-bond donors (Lipinski definition) is 0. The van der Waals surface area contributed by atoms with Crippen LogP contribution in [-0.4, -0.2) is 10.9 Å². The summed E-state index contributed by atoms with van der Waals surface area (Å²) in [6, 6.07) is 8.17. The van der Waals surface area contributed by atoms with Crippen molar-refractivity contribution in [1.29, 1.82) is 0 Å². The van der Waals surface area contributed by atoms with E-state index in [1.807, 2.05) is 6.92 Å². The van der Waals surface area contributed by atoms with Crippen molar-refractivity contribution < 1.29 is 9.18 Å². The molecule has 0 saturated carbocycles. The highest BCUT2D eigenvalue weighted by Gasteiger charge is 2.07. The zero-order valence-corrected chi connectivity index (χ0v) is 8.27. The van der Waals surface area contributed by atoms with E-state index in [0.29, 0.717) is 17.7 Å². The Morgan fingerprint density at radius 2 is 2.13 bits per heavy atom. The van der Waals surface area contributed by atoms with Crippen molar-refractivity contribution >= 4 is 6.29 Å². The predicted octanol–water partition coefficient (Wildman–Crippen LogP) is 2.74. The molecule has 0 aliphatic rings. The van der Waals surface area contributed by atoms with Gasteiger partial charge in [0.2, 0.25) is 0 Å². The van der Waals surface area contributed by atoms with Crippen LogP contribution in [0, 0.1) is 12.7 Å². The summed E-state index contributed by atoms with van der Waals surface area (Å²) in [6.45, 7) is 1.88. The second kappa shape index (κ2) is 3.69. The van der Waals surface area contributed by atoms with Crippen molar-refractivity contribution in [1.82, 2.24) is 4.57 Å². The molecule has 1 aromatic heterocycles. The van der Waals surface area contributed by atoms with Gasteiger partial charge in [0.1, 0.15) is 5.82 Å². The third kappa shape index (κ3) is 1.68. The number of nitrogens with zero attached hydrogens (tertiary/aromatic N) is 1. The zero-order chi connectivity index (χ0) is 10.8. The molecule has 2 aromatic rings. The standard InChI is InChI=1S/C12H10FNO/c1-9-4-5-11(13)12(7-9)14-6-2-3-10(14)8-15/h2-8H,1H3. The summed E-state index contributed by atoms with van der Waals surface area (Å²) in [5, 5.41) is 0. The van der Waals surface area contributed by atoms with Crippen LogP contribution in [0.15, 0.2) is 36.5 Å². The summed E-state index contributed by atoms with van der Waals surface area (Å²) in [5.41, 5.74) is 1.80. The molecule has 0 aliphatic heterocycles. The first kappa shape index (κ1) is 9.65. The minimum atomic E-state index is -0.333. The van der Waals surface area contributed by atoms with Crippen LogP contribution in [0.3, 0.4) is 0 Å². The van der Waals surface area contributed by atoms with E-state index in [9.17, 15) is 9.18 Å². The summed E-state index contributed by atoms with van der Waals surface area (Å²) in [5.74, 6) is -0.333. The van der Waals surface area contributed by atoms with Crippen LogP contribution in [0.1, 0.15) is 16.1 Å². The van der Waals surface area contributed by atoms with Crippen molar-refractivity contribution in [3.05, 3.63) is 53.6 Å². The Hall–Kier alpha value is -1.90. The number of carbonyl (C=O) groups is 1. The number of rotatable bonds is 2. The molecule has 0 bridgehead atoms. The van der Waals surface area contributed by atoms with Gasteiger partial charge in [0.25, 0.3) is 0 Å². The molecule has 0 unspecified atom stereocenters. The Labute approximate surface area is 87.0 Å². The number of aldehydes is 1. The Morgan fingerprint density at radius 1 is 1.33 bits per heavy atom. The van der Waals surface area contributed by atoms with E-state index in [0.717, 1.165) is 5.56 Å². The summed E-state index contributed by atoms with van der Waals surface area (Å²) in [7, 11) is 0. The van der Waals surface area contributed by atoms with Gasteiger partial charge in [-0.25, -0.2) is 4.39 Å². The first-order valence-electron chi connectivity index (χ1n) is 4.61. The van der Waals surface area contributed by atoms with E-state index in [1.165, 1.54) is 10.6 Å². The first-order valence-corrected chi connectivity index (χ1v) is 4.61. The van der Waals surface area contributed by atoms with Crippen LogP contribution >= 0.6 is 0 Å². The van der Waals surface area contributed by atoms with Crippen LogP contribution in [0.4, 0.5) is 4.39 Å². The maximum absolute atomic E-state index is 13.5. The fourth-order valence-corrected chi connectivity index (χ4v) is 1.52. The van der Waals surface area contributed by atoms with Crippen LogP contribution in [0.25, 0.3) is 5.69 Å². The third-order valence-electron chi connectivity index (χ3n) is 2.26. The third-order valence-corrected chi connectivity index (χ3v) is 2.26. The lowest BCUT2D eigenvalue weighted by Gasteiger charge is -2.07. The number of benzene rings is 1. The van der Waals surface area contributed by atoms with Crippen LogP contribution in [0.5, 0.6) is 0 Å². The summed E-state index contributed by atoms with van der Waals surface area (Å²) in [6.07, 6.45) is 2.38. The van der Waals surface area contributed by atoms with E-state index in [2.05, 4.69) is 0 Å². The van der Waals surface area contributed by atoms with Gasteiger partial charge in [0.15, 0.2) is 6.29 Å². The van der Waals surface area contributed by atoms with E-state index in [-0.39, 0.29) is 5.82 Å². The van der Waals surface area contributed by atoms with Crippen LogP contribution < -0.4 is 0 Å². The molecule has 1 aromatic carbocycles. The first-order chi connectivity index (χ1) is 7.22. The Kier molecular flexibility index (Phi) is 2.37. The number of aromatic nitrogens is 1. The summed E-state index contributed by atoms with van der Waals surface area (Å²) >= 11 is 0. The number of carbonyl (C=O) groups excluding carboxylic acids is 1. The van der Waals surface area contributed by atoms with Gasteiger partial charge in [-0.2, -0.15) is 0 Å². The predicted molar refractivity (Wildman–Crippen MR) is 55.9 cm³/mol. The fraction of sp³-hybridized carbons (Fsp3) is 0.0833. The molecule has 2 rings (SSSR count). The second-order valence-electron chi connectivity index (χ2n) is 3.38. The highest BCUT2D eigenvalue weighted by molar-refractivity contribution is 5.73. The van der Waals surface area contributed by atoms with E-state index in [1.54, 1.807) is 30.5 Å². The number of halogens is 1. The minimum absolute atomic E-state index is 0.333. The molecule has 0 fully saturated rings. The Bertz CT molecular complexity index is 502.